The molecule has 162 valence electrons. The first-order valence-corrected chi connectivity index (χ1v) is 11.7. The lowest BCUT2D eigenvalue weighted by Crippen LogP contribution is -2.22. The van der Waals surface area contributed by atoms with E-state index in [9.17, 15) is 4.79 Å². The molecule has 1 aromatic carbocycles. The molecular weight excluding hydrogens is 418 g/mol. The molecule has 0 radical (unpaired) electrons. The van der Waals surface area contributed by atoms with Crippen LogP contribution in [0.1, 0.15) is 46.3 Å². The van der Waals surface area contributed by atoms with E-state index in [1.54, 1.807) is 6.20 Å². The summed E-state index contributed by atoms with van der Waals surface area (Å²) in [4.78, 5) is 24.4. The number of nitrogens with one attached hydrogen (secondary N) is 1. The summed E-state index contributed by atoms with van der Waals surface area (Å²) >= 11 is 1.48. The number of hydrogen-bond donors (Lipinski definition) is 1. The topological polar surface area (TPSA) is 63.1 Å². The molecule has 4 aromatic rings. The van der Waals surface area contributed by atoms with E-state index in [0.29, 0.717) is 17.4 Å². The van der Waals surface area contributed by atoms with Gasteiger partial charge in [-0.25, -0.2) is 4.98 Å². The van der Waals surface area contributed by atoms with Crippen molar-refractivity contribution < 1.29 is 4.79 Å². The molecule has 0 spiro atoms. The summed E-state index contributed by atoms with van der Waals surface area (Å²) < 4.78 is 1.95. The average molecular weight is 444 g/mol. The lowest BCUT2D eigenvalue weighted by atomic mass is 10.1. The highest BCUT2D eigenvalue weighted by Gasteiger charge is 2.28. The van der Waals surface area contributed by atoms with Gasteiger partial charge in [-0.3, -0.25) is 15.1 Å². The molecule has 0 bridgehead atoms. The Balaban J connectivity index is 1.29. The molecule has 4 heterocycles. The van der Waals surface area contributed by atoms with Crippen LogP contribution < -0.4 is 10.2 Å². The van der Waals surface area contributed by atoms with Crippen LogP contribution in [0, 0.1) is 6.92 Å². The number of anilines is 2. The predicted molar refractivity (Wildman–Crippen MR) is 128 cm³/mol. The van der Waals surface area contributed by atoms with Crippen molar-refractivity contribution in [2.24, 2.45) is 0 Å². The molecular formula is C25H25N5OS. The van der Waals surface area contributed by atoms with Crippen LogP contribution in [0.4, 0.5) is 10.8 Å². The summed E-state index contributed by atoms with van der Waals surface area (Å²) in [6.07, 6.45) is 5.93. The molecule has 1 atom stereocenters. The average Bonchev–Trinajstić information content (AvgIpc) is 3.55. The largest absolute Gasteiger partial charge is 0.363 e. The Kier molecular flexibility index (Phi) is 5.73. The molecule has 5 rings (SSSR count). The Hall–Kier alpha value is -3.45. The predicted octanol–water partition coefficient (Wildman–Crippen LogP) is 5.29. The monoisotopic (exact) mass is 443 g/mol. The first-order valence-electron chi connectivity index (χ1n) is 10.8. The standard InChI is InChI=1S/C25H25N5OS/c1-18-15-19(11-12-26-18)16-29-13-5-10-23(29)24(31)28-25-27-21(17-32-25)22-9-6-14-30(22)20-7-3-2-4-8-20/h2-5,7-8,10-13,15,17,22H,6,9,14,16H2,1H3,(H,27,28,31). The number of thiazole rings is 1. The lowest BCUT2D eigenvalue weighted by molar-refractivity contribution is 0.101. The molecule has 1 N–H and O–H groups in total. The third-order valence-electron chi connectivity index (χ3n) is 5.80. The highest BCUT2D eigenvalue weighted by molar-refractivity contribution is 7.14. The summed E-state index contributed by atoms with van der Waals surface area (Å²) in [5, 5.41) is 5.70. The number of benzene rings is 1. The fourth-order valence-electron chi connectivity index (χ4n) is 4.32. The third-order valence-corrected chi connectivity index (χ3v) is 6.58. The highest BCUT2D eigenvalue weighted by atomic mass is 32.1. The van der Waals surface area contributed by atoms with E-state index >= 15 is 0 Å². The van der Waals surface area contributed by atoms with Crippen LogP contribution in [0.15, 0.2) is 72.4 Å². The van der Waals surface area contributed by atoms with Crippen LogP contribution in [-0.2, 0) is 6.54 Å². The number of para-hydroxylation sites is 1. The van der Waals surface area contributed by atoms with Gasteiger partial charge in [0.25, 0.3) is 5.91 Å². The van der Waals surface area contributed by atoms with Crippen molar-refractivity contribution in [3.63, 3.8) is 0 Å². The maximum atomic E-state index is 13.0. The van der Waals surface area contributed by atoms with Gasteiger partial charge in [0.1, 0.15) is 5.69 Å². The van der Waals surface area contributed by atoms with Crippen LogP contribution in [0.25, 0.3) is 0 Å². The Labute approximate surface area is 191 Å². The summed E-state index contributed by atoms with van der Waals surface area (Å²) in [5.74, 6) is -0.145. The van der Waals surface area contributed by atoms with Gasteiger partial charge < -0.3 is 9.47 Å². The van der Waals surface area contributed by atoms with E-state index in [1.807, 2.05) is 48.0 Å². The second-order valence-corrected chi connectivity index (χ2v) is 8.90. The zero-order valence-electron chi connectivity index (χ0n) is 17.9. The maximum absolute atomic E-state index is 13.0. The Morgan fingerprint density at radius 3 is 2.91 bits per heavy atom. The number of aryl methyl sites for hydroxylation is 1. The number of pyridine rings is 1. The van der Waals surface area contributed by atoms with Crippen molar-refractivity contribution in [2.45, 2.75) is 32.4 Å². The summed E-state index contributed by atoms with van der Waals surface area (Å²) in [5.41, 5.74) is 4.93. The fraction of sp³-hybridized carbons (Fsp3) is 0.240. The number of carbonyl (C=O) groups excluding carboxylic acids is 1. The van der Waals surface area contributed by atoms with E-state index < -0.39 is 0 Å². The van der Waals surface area contributed by atoms with E-state index in [1.165, 1.54) is 17.0 Å². The molecule has 1 unspecified atom stereocenters. The van der Waals surface area contributed by atoms with Gasteiger partial charge in [0.05, 0.1) is 11.7 Å². The van der Waals surface area contributed by atoms with Crippen molar-refractivity contribution in [2.75, 3.05) is 16.8 Å². The van der Waals surface area contributed by atoms with Crippen molar-refractivity contribution in [1.82, 2.24) is 14.5 Å². The van der Waals surface area contributed by atoms with Crippen LogP contribution >= 0.6 is 11.3 Å². The summed E-state index contributed by atoms with van der Waals surface area (Å²) in [6.45, 7) is 3.61. The van der Waals surface area contributed by atoms with Gasteiger partial charge >= 0.3 is 0 Å². The number of carbonyl (C=O) groups is 1. The Morgan fingerprint density at radius 2 is 2.06 bits per heavy atom. The molecule has 1 amide bonds. The van der Waals surface area contributed by atoms with E-state index in [0.717, 1.165) is 36.3 Å². The molecule has 32 heavy (non-hydrogen) atoms. The van der Waals surface area contributed by atoms with Gasteiger partial charge in [-0.05, 0) is 61.7 Å². The van der Waals surface area contributed by atoms with E-state index in [-0.39, 0.29) is 11.9 Å². The molecule has 0 aliphatic carbocycles. The van der Waals surface area contributed by atoms with Crippen molar-refractivity contribution in [3.8, 4) is 0 Å². The van der Waals surface area contributed by atoms with Gasteiger partial charge in [0, 0.05) is 42.2 Å². The van der Waals surface area contributed by atoms with Crippen LogP contribution in [0.5, 0.6) is 0 Å². The van der Waals surface area contributed by atoms with Crippen LogP contribution in [0.3, 0.4) is 0 Å². The zero-order chi connectivity index (χ0) is 21.9. The van der Waals surface area contributed by atoms with Gasteiger partial charge in [-0.1, -0.05) is 18.2 Å². The number of rotatable bonds is 6. The number of amides is 1. The minimum absolute atomic E-state index is 0.145. The Morgan fingerprint density at radius 1 is 1.19 bits per heavy atom. The first-order chi connectivity index (χ1) is 15.7. The molecule has 0 saturated carbocycles. The molecule has 7 heteroatoms. The van der Waals surface area contributed by atoms with Gasteiger partial charge in [0.2, 0.25) is 0 Å². The van der Waals surface area contributed by atoms with Gasteiger partial charge in [0.15, 0.2) is 5.13 Å². The molecule has 6 nitrogen and oxygen atoms in total. The van der Waals surface area contributed by atoms with Crippen molar-refractivity contribution in [3.05, 3.63) is 95.0 Å². The van der Waals surface area contributed by atoms with Gasteiger partial charge in [-0.15, -0.1) is 11.3 Å². The highest BCUT2D eigenvalue weighted by Crippen LogP contribution is 2.37. The third kappa shape index (κ3) is 4.29. The molecule has 1 saturated heterocycles. The maximum Gasteiger partial charge on any atom is 0.274 e. The van der Waals surface area contributed by atoms with Gasteiger partial charge in [-0.2, -0.15) is 0 Å². The van der Waals surface area contributed by atoms with E-state index in [4.69, 9.17) is 4.98 Å². The fourth-order valence-corrected chi connectivity index (χ4v) is 5.07. The van der Waals surface area contributed by atoms with E-state index in [2.05, 4.69) is 44.8 Å². The van der Waals surface area contributed by atoms with Crippen molar-refractivity contribution >= 4 is 28.1 Å². The number of nitrogens with zero attached hydrogens (tertiary/aromatic N) is 4. The number of hydrogen-bond acceptors (Lipinski definition) is 5. The second kappa shape index (κ2) is 8.96. The minimum atomic E-state index is -0.145. The van der Waals surface area contributed by atoms with Crippen molar-refractivity contribution in [1.29, 1.82) is 0 Å². The quantitative estimate of drug-likeness (QED) is 0.440. The second-order valence-electron chi connectivity index (χ2n) is 8.05. The molecule has 3 aromatic heterocycles. The Bertz CT molecular complexity index is 1220. The summed E-state index contributed by atoms with van der Waals surface area (Å²) in [7, 11) is 0. The summed E-state index contributed by atoms with van der Waals surface area (Å²) in [6, 6.07) is 18.5. The zero-order valence-corrected chi connectivity index (χ0v) is 18.8. The minimum Gasteiger partial charge on any atom is -0.363 e. The first kappa shape index (κ1) is 20.5. The molecule has 1 aliphatic heterocycles. The molecule has 1 aliphatic rings. The van der Waals surface area contributed by atoms with Crippen LogP contribution in [-0.4, -0.2) is 27.0 Å². The lowest BCUT2D eigenvalue weighted by Gasteiger charge is -2.25. The number of aromatic nitrogens is 3. The van der Waals surface area contributed by atoms with Crippen LogP contribution in [0.2, 0.25) is 0 Å². The molecule has 1 fully saturated rings. The SMILES string of the molecule is Cc1cc(Cn2cccc2C(=O)Nc2nc(C3CCCN3c3ccccc3)cs2)ccn1. The normalized spacial score (nSPS) is 15.8. The smallest absolute Gasteiger partial charge is 0.274 e.